The van der Waals surface area contributed by atoms with E-state index in [2.05, 4.69) is 26.9 Å². The molecule has 49 heavy (non-hydrogen) atoms. The minimum Gasteiger partial charge on any atom is -0.488 e. The summed E-state index contributed by atoms with van der Waals surface area (Å²) in [4.78, 5) is 60.5. The van der Waals surface area contributed by atoms with Crippen molar-refractivity contribution in [2.24, 2.45) is 11.3 Å². The van der Waals surface area contributed by atoms with Gasteiger partial charge in [-0.25, -0.2) is 13.2 Å². The zero-order valence-corrected chi connectivity index (χ0v) is 30.1. The van der Waals surface area contributed by atoms with Gasteiger partial charge < -0.3 is 25.0 Å². The van der Waals surface area contributed by atoms with Crippen molar-refractivity contribution in [2.75, 3.05) is 6.54 Å². The Morgan fingerprint density at radius 1 is 1.12 bits per heavy atom. The fourth-order valence-electron chi connectivity index (χ4n) is 6.01. The van der Waals surface area contributed by atoms with Crippen molar-refractivity contribution >= 4 is 56.3 Å². The Kier molecular flexibility index (Phi) is 9.71. The van der Waals surface area contributed by atoms with E-state index in [1.165, 1.54) is 11.0 Å². The third-order valence-corrected chi connectivity index (χ3v) is 10.9. The number of rotatable bonds is 10. The van der Waals surface area contributed by atoms with Crippen LogP contribution in [0.4, 0.5) is 4.79 Å². The summed E-state index contributed by atoms with van der Waals surface area (Å²) in [6, 6.07) is 4.60. The number of carbonyl (C=O) groups excluding carboxylic acids is 4. The maximum Gasteiger partial charge on any atom is 0.408 e. The number of halogens is 1. The van der Waals surface area contributed by atoms with Crippen LogP contribution in [0.25, 0.3) is 10.9 Å². The predicted molar refractivity (Wildman–Crippen MR) is 183 cm³/mol. The summed E-state index contributed by atoms with van der Waals surface area (Å²) in [7, 11) is -3.89. The largest absolute Gasteiger partial charge is 0.488 e. The molecule has 0 spiro atoms. The highest BCUT2D eigenvalue weighted by Gasteiger charge is 2.62. The van der Waals surface area contributed by atoms with E-state index in [0.717, 1.165) is 0 Å². The van der Waals surface area contributed by atoms with Gasteiger partial charge in [-0.1, -0.05) is 38.4 Å². The van der Waals surface area contributed by atoms with E-state index in [9.17, 15) is 27.6 Å². The van der Waals surface area contributed by atoms with Crippen LogP contribution in [0.1, 0.15) is 67.2 Å². The summed E-state index contributed by atoms with van der Waals surface area (Å²) in [5.41, 5.74) is -2.58. The first-order valence-corrected chi connectivity index (χ1v) is 18.2. The number of nitrogens with zero attached hydrogens (tertiary/aromatic N) is 2. The number of hydrogen-bond donors (Lipinski definition) is 3. The molecule has 5 rings (SSSR count). The number of benzene rings is 1. The number of pyridine rings is 1. The molecule has 3 N–H and O–H groups in total. The van der Waals surface area contributed by atoms with Gasteiger partial charge in [0.05, 0.1) is 17.3 Å². The monoisotopic (exact) mass is 717 g/mol. The maximum absolute atomic E-state index is 14.4. The SMILES string of the molecule is C=CC1CC1(NC(=O)C1CC(Oc2ccnc3cc(Cl)ccc23)CN1C(=O)C(NC(=O)OC(C)(C)C)C(C)(C)C)C(=O)NS(=O)(=O)C1CC1. The Morgan fingerprint density at radius 3 is 2.41 bits per heavy atom. The first-order chi connectivity index (χ1) is 22.7. The molecule has 3 fully saturated rings. The summed E-state index contributed by atoms with van der Waals surface area (Å²) in [6.45, 7) is 14.2. The van der Waals surface area contributed by atoms with Gasteiger partial charge >= 0.3 is 6.09 Å². The van der Waals surface area contributed by atoms with Crippen LogP contribution in [0.15, 0.2) is 43.1 Å². The fourth-order valence-corrected chi connectivity index (χ4v) is 7.54. The number of sulfonamides is 1. The molecule has 4 amide bonds. The molecule has 5 unspecified atom stereocenters. The van der Waals surface area contributed by atoms with Crippen molar-refractivity contribution < 1.29 is 37.1 Å². The molecule has 1 aromatic carbocycles. The second-order valence-corrected chi connectivity index (χ2v) is 17.5. The highest BCUT2D eigenvalue weighted by molar-refractivity contribution is 7.91. The predicted octanol–water partition coefficient (Wildman–Crippen LogP) is 3.85. The lowest BCUT2D eigenvalue weighted by Gasteiger charge is -2.36. The van der Waals surface area contributed by atoms with E-state index in [-0.39, 0.29) is 19.4 Å². The molecule has 1 aromatic heterocycles. The van der Waals surface area contributed by atoms with Crippen LogP contribution in [0, 0.1) is 11.3 Å². The van der Waals surface area contributed by atoms with Crippen molar-refractivity contribution in [3.63, 3.8) is 0 Å². The Balaban J connectivity index is 1.44. The van der Waals surface area contributed by atoms with E-state index in [4.69, 9.17) is 21.1 Å². The van der Waals surface area contributed by atoms with Gasteiger partial charge in [-0.15, -0.1) is 6.58 Å². The number of fused-ring (bicyclic) bond motifs is 1. The molecule has 5 atom stereocenters. The number of amides is 4. The summed E-state index contributed by atoms with van der Waals surface area (Å²) < 4.78 is 39.2. The lowest BCUT2D eigenvalue weighted by atomic mass is 9.85. The van der Waals surface area contributed by atoms with Crippen LogP contribution >= 0.6 is 11.6 Å². The number of alkyl carbamates (subject to hydrolysis) is 1. The average molecular weight is 718 g/mol. The van der Waals surface area contributed by atoms with Crippen molar-refractivity contribution in [3.05, 3.63) is 48.1 Å². The van der Waals surface area contributed by atoms with Crippen LogP contribution in [0.5, 0.6) is 5.75 Å². The molecule has 1 aliphatic heterocycles. The van der Waals surface area contributed by atoms with Gasteiger partial charge in [0.2, 0.25) is 21.8 Å². The van der Waals surface area contributed by atoms with E-state index in [0.29, 0.717) is 34.5 Å². The lowest BCUT2D eigenvalue weighted by molar-refractivity contribution is -0.143. The Labute approximate surface area is 291 Å². The van der Waals surface area contributed by atoms with Crippen molar-refractivity contribution in [1.29, 1.82) is 0 Å². The number of nitrogens with one attached hydrogen (secondary N) is 3. The van der Waals surface area contributed by atoms with Crippen LogP contribution in [-0.2, 0) is 29.1 Å². The highest BCUT2D eigenvalue weighted by atomic mass is 35.5. The Bertz CT molecular complexity index is 1780. The second-order valence-electron chi connectivity index (χ2n) is 15.1. The minimum absolute atomic E-state index is 0.0307. The molecule has 13 nitrogen and oxygen atoms in total. The minimum atomic E-state index is -3.89. The normalized spacial score (nSPS) is 24.5. The summed E-state index contributed by atoms with van der Waals surface area (Å²) in [5.74, 6) is -2.12. The third kappa shape index (κ3) is 8.12. The standard InChI is InChI=1S/C34H44ClN5O8S/c1-8-19-17-34(19,30(43)39-49(45,46)22-10-11-22)38-28(41)25-16-21(47-26-13-14-36-24-15-20(35)9-12-23(24)26)18-40(25)29(42)27(32(2,3)4)37-31(44)48-33(5,6)7/h8-9,12-15,19,21-22,25,27H,1,10-11,16-18H2,2-7H3,(H,37,44)(H,38,41)(H,39,43). The van der Waals surface area contributed by atoms with E-state index < -0.39 is 79.7 Å². The molecular weight excluding hydrogens is 674 g/mol. The van der Waals surface area contributed by atoms with E-state index in [1.807, 2.05) is 0 Å². The Morgan fingerprint density at radius 2 is 1.82 bits per heavy atom. The second kappa shape index (κ2) is 13.1. The molecule has 1 saturated heterocycles. The van der Waals surface area contributed by atoms with Crippen molar-refractivity contribution in [3.8, 4) is 5.75 Å². The van der Waals surface area contributed by atoms with E-state index >= 15 is 0 Å². The molecule has 2 heterocycles. The molecule has 2 saturated carbocycles. The molecule has 2 aromatic rings. The lowest BCUT2D eigenvalue weighted by Crippen LogP contribution is -2.60. The number of carbonyl (C=O) groups is 4. The molecule has 0 radical (unpaired) electrons. The summed E-state index contributed by atoms with van der Waals surface area (Å²) in [5, 5.41) is 6.00. The third-order valence-electron chi connectivity index (χ3n) is 8.83. The molecule has 15 heteroatoms. The van der Waals surface area contributed by atoms with Crippen LogP contribution < -0.4 is 20.1 Å². The number of aromatic nitrogens is 1. The van der Waals surface area contributed by atoms with Crippen LogP contribution in [0.2, 0.25) is 5.02 Å². The van der Waals surface area contributed by atoms with E-state index in [1.54, 1.807) is 72.0 Å². The van der Waals surface area contributed by atoms with Crippen molar-refractivity contribution in [1.82, 2.24) is 25.2 Å². The van der Waals surface area contributed by atoms with Gasteiger partial charge in [0.1, 0.15) is 35.1 Å². The van der Waals surface area contributed by atoms with Gasteiger partial charge in [0, 0.05) is 28.9 Å². The average Bonchev–Trinajstić information content (AvgIpc) is 3.91. The molecule has 0 bridgehead atoms. The first kappa shape index (κ1) is 36.4. The molecular formula is C34H44ClN5O8S. The topological polar surface area (TPSA) is 173 Å². The van der Waals surface area contributed by atoms with Gasteiger partial charge in [0.15, 0.2) is 0 Å². The highest BCUT2D eigenvalue weighted by Crippen LogP contribution is 2.45. The smallest absolute Gasteiger partial charge is 0.408 e. The zero-order chi connectivity index (χ0) is 36.1. The summed E-state index contributed by atoms with van der Waals surface area (Å²) >= 11 is 6.17. The van der Waals surface area contributed by atoms with Crippen molar-refractivity contribution in [2.45, 2.75) is 102 Å². The number of hydrogen-bond acceptors (Lipinski definition) is 9. The van der Waals surface area contributed by atoms with Gasteiger partial charge in [-0.05, 0) is 69.7 Å². The first-order valence-electron chi connectivity index (χ1n) is 16.3. The van der Waals surface area contributed by atoms with Crippen LogP contribution in [0.3, 0.4) is 0 Å². The number of ether oxygens (including phenoxy) is 2. The molecule has 3 aliphatic rings. The van der Waals surface area contributed by atoms with Gasteiger partial charge in [0.25, 0.3) is 5.91 Å². The van der Waals surface area contributed by atoms with Gasteiger partial charge in [-0.2, -0.15) is 0 Å². The Hall–Kier alpha value is -3.91. The number of likely N-dealkylation sites (tertiary alicyclic amines) is 1. The van der Waals surface area contributed by atoms with Gasteiger partial charge in [-0.3, -0.25) is 24.1 Å². The zero-order valence-electron chi connectivity index (χ0n) is 28.5. The van der Waals surface area contributed by atoms with Crippen LogP contribution in [-0.4, -0.2) is 83.2 Å². The maximum atomic E-state index is 14.4. The fraction of sp³-hybridized carbons (Fsp3) is 0.559. The molecule has 2 aliphatic carbocycles. The summed E-state index contributed by atoms with van der Waals surface area (Å²) in [6.07, 6.45) is 2.68. The quantitative estimate of drug-likeness (QED) is 0.309. The molecule has 266 valence electrons.